The van der Waals surface area contributed by atoms with Gasteiger partial charge in [0.1, 0.15) is 0 Å². The molecule has 26 heavy (non-hydrogen) atoms. The maximum Gasteiger partial charge on any atom is 0.276 e. The minimum absolute atomic E-state index is 0.0292. The lowest BCUT2D eigenvalue weighted by atomic mass is 9.94. The van der Waals surface area contributed by atoms with Crippen LogP contribution in [0.2, 0.25) is 0 Å². The van der Waals surface area contributed by atoms with Crippen LogP contribution in [0.5, 0.6) is 0 Å². The van der Waals surface area contributed by atoms with E-state index in [9.17, 15) is 9.59 Å². The third kappa shape index (κ3) is 3.10. The van der Waals surface area contributed by atoms with E-state index >= 15 is 0 Å². The van der Waals surface area contributed by atoms with E-state index in [2.05, 4.69) is 20.5 Å². The van der Waals surface area contributed by atoms with Gasteiger partial charge in [0.05, 0.1) is 12.2 Å². The highest BCUT2D eigenvalue weighted by Gasteiger charge is 2.35. The molecule has 8 heteroatoms. The molecule has 0 bridgehead atoms. The number of likely N-dealkylation sites (tertiary alicyclic amines) is 1. The zero-order chi connectivity index (χ0) is 17.9. The van der Waals surface area contributed by atoms with Crippen LogP contribution in [-0.4, -0.2) is 56.4 Å². The summed E-state index contributed by atoms with van der Waals surface area (Å²) in [5.74, 6) is -0.218. The fourth-order valence-electron chi connectivity index (χ4n) is 3.56. The lowest BCUT2D eigenvalue weighted by Crippen LogP contribution is -2.43. The highest BCUT2D eigenvalue weighted by atomic mass is 16.2. The molecule has 4 rings (SSSR count). The summed E-state index contributed by atoms with van der Waals surface area (Å²) in [5.41, 5.74) is 1.40. The third-order valence-electron chi connectivity index (χ3n) is 5.01. The van der Waals surface area contributed by atoms with Gasteiger partial charge in [-0.05, 0) is 18.4 Å². The molecule has 3 heterocycles. The number of nitrogens with one attached hydrogen (secondary N) is 1. The summed E-state index contributed by atoms with van der Waals surface area (Å²) < 4.78 is 0. The molecule has 1 N–H and O–H groups in total. The molecule has 2 aromatic rings. The molecule has 2 amide bonds. The highest BCUT2D eigenvalue weighted by Crippen LogP contribution is 2.31. The molecule has 0 aliphatic carbocycles. The minimum atomic E-state index is -0.147. The predicted octanol–water partition coefficient (Wildman–Crippen LogP) is 1.62. The Morgan fingerprint density at radius 2 is 1.88 bits per heavy atom. The topological polar surface area (TPSA) is 94.5 Å². The number of aromatic amines is 1. The summed E-state index contributed by atoms with van der Waals surface area (Å²) in [6.45, 7) is 1.07. The molecule has 134 valence electrons. The van der Waals surface area contributed by atoms with E-state index in [1.807, 2.05) is 30.3 Å². The average molecular weight is 352 g/mol. The minimum Gasteiger partial charge on any atom is -0.337 e. The first-order chi connectivity index (χ1) is 12.7. The van der Waals surface area contributed by atoms with E-state index in [0.29, 0.717) is 31.6 Å². The van der Waals surface area contributed by atoms with Gasteiger partial charge in [0.25, 0.3) is 5.91 Å². The molecule has 0 saturated carbocycles. The molecule has 2 aliphatic rings. The molecule has 1 saturated heterocycles. The number of aromatic nitrogens is 3. The number of hydrazone groups is 1. The molecule has 0 spiro atoms. The Labute approximate surface area is 150 Å². The molecule has 2 aliphatic heterocycles. The Morgan fingerprint density at radius 1 is 1.12 bits per heavy atom. The lowest BCUT2D eigenvalue weighted by Gasteiger charge is -2.33. The molecule has 1 unspecified atom stereocenters. The number of rotatable bonds is 3. The fraction of sp³-hybridized carbons (Fsp3) is 0.389. The van der Waals surface area contributed by atoms with Gasteiger partial charge in [-0.25, -0.2) is 5.01 Å². The van der Waals surface area contributed by atoms with E-state index in [-0.39, 0.29) is 23.8 Å². The summed E-state index contributed by atoms with van der Waals surface area (Å²) in [6, 6.07) is 9.94. The number of carbonyl (C=O) groups excluding carboxylic acids is 2. The Hall–Kier alpha value is -3.03. The van der Waals surface area contributed by atoms with Crippen LogP contribution in [0.3, 0.4) is 0 Å². The first kappa shape index (κ1) is 16.4. The number of nitrogens with zero attached hydrogens (tertiary/aromatic N) is 5. The van der Waals surface area contributed by atoms with Gasteiger partial charge in [-0.15, -0.1) is 5.10 Å². The first-order valence-corrected chi connectivity index (χ1v) is 8.80. The van der Waals surface area contributed by atoms with Gasteiger partial charge in [-0.1, -0.05) is 35.5 Å². The fourth-order valence-corrected chi connectivity index (χ4v) is 3.56. The van der Waals surface area contributed by atoms with Gasteiger partial charge in [-0.2, -0.15) is 5.10 Å². The normalized spacial score (nSPS) is 20.5. The molecule has 1 fully saturated rings. The van der Waals surface area contributed by atoms with Crippen molar-refractivity contribution in [1.82, 2.24) is 25.3 Å². The molecule has 1 aromatic carbocycles. The van der Waals surface area contributed by atoms with Crippen molar-refractivity contribution in [2.45, 2.75) is 25.3 Å². The quantitative estimate of drug-likeness (QED) is 0.908. The van der Waals surface area contributed by atoms with Crippen molar-refractivity contribution in [1.29, 1.82) is 0 Å². The summed E-state index contributed by atoms with van der Waals surface area (Å²) >= 11 is 0. The SMILES string of the molecule is O=C(c1c[nH]nn1)N1CCC(C(=O)N2N=CCC2c2ccccc2)CC1. The zero-order valence-electron chi connectivity index (χ0n) is 14.3. The number of hydrogen-bond donors (Lipinski definition) is 1. The van der Waals surface area contributed by atoms with Crippen LogP contribution in [0.15, 0.2) is 41.6 Å². The predicted molar refractivity (Wildman–Crippen MR) is 94.1 cm³/mol. The van der Waals surface area contributed by atoms with Crippen molar-refractivity contribution in [3.05, 3.63) is 47.8 Å². The van der Waals surface area contributed by atoms with Crippen LogP contribution in [0.1, 0.15) is 41.4 Å². The van der Waals surface area contributed by atoms with Crippen molar-refractivity contribution in [2.75, 3.05) is 13.1 Å². The Kier molecular flexibility index (Phi) is 4.47. The van der Waals surface area contributed by atoms with Gasteiger partial charge in [0.2, 0.25) is 5.91 Å². The molecule has 1 atom stereocenters. The van der Waals surface area contributed by atoms with Gasteiger partial charge < -0.3 is 4.90 Å². The zero-order valence-corrected chi connectivity index (χ0v) is 14.3. The van der Waals surface area contributed by atoms with Gasteiger partial charge in [0, 0.05) is 31.6 Å². The van der Waals surface area contributed by atoms with E-state index in [1.165, 1.54) is 6.20 Å². The van der Waals surface area contributed by atoms with Crippen molar-refractivity contribution < 1.29 is 9.59 Å². The van der Waals surface area contributed by atoms with Crippen LogP contribution in [0, 0.1) is 5.92 Å². The maximum atomic E-state index is 13.0. The molecule has 8 nitrogen and oxygen atoms in total. The summed E-state index contributed by atoms with van der Waals surface area (Å²) in [5, 5.41) is 15.8. The van der Waals surface area contributed by atoms with Crippen LogP contribution in [-0.2, 0) is 4.79 Å². The Bertz CT molecular complexity index is 796. The molecular formula is C18H20N6O2. The lowest BCUT2D eigenvalue weighted by molar-refractivity contribution is -0.138. The molecular weight excluding hydrogens is 332 g/mol. The first-order valence-electron chi connectivity index (χ1n) is 8.80. The second-order valence-electron chi connectivity index (χ2n) is 6.57. The van der Waals surface area contributed by atoms with Gasteiger partial charge in [0.15, 0.2) is 5.69 Å². The smallest absolute Gasteiger partial charge is 0.276 e. The maximum absolute atomic E-state index is 13.0. The highest BCUT2D eigenvalue weighted by molar-refractivity contribution is 5.92. The monoisotopic (exact) mass is 352 g/mol. The van der Waals surface area contributed by atoms with Gasteiger partial charge >= 0.3 is 0 Å². The number of H-pyrrole nitrogens is 1. The van der Waals surface area contributed by atoms with Crippen LogP contribution >= 0.6 is 0 Å². The van der Waals surface area contributed by atoms with Crippen molar-refractivity contribution >= 4 is 18.0 Å². The van der Waals surface area contributed by atoms with Crippen molar-refractivity contribution in [3.8, 4) is 0 Å². The van der Waals surface area contributed by atoms with E-state index in [1.54, 1.807) is 16.1 Å². The molecule has 1 aromatic heterocycles. The second-order valence-corrected chi connectivity index (χ2v) is 6.57. The van der Waals surface area contributed by atoms with Crippen LogP contribution < -0.4 is 0 Å². The largest absolute Gasteiger partial charge is 0.337 e. The van der Waals surface area contributed by atoms with E-state index in [4.69, 9.17) is 0 Å². The summed E-state index contributed by atoms with van der Waals surface area (Å²) in [7, 11) is 0. The number of hydrogen-bond acceptors (Lipinski definition) is 5. The summed E-state index contributed by atoms with van der Waals surface area (Å²) in [4.78, 5) is 27.0. The standard InChI is InChI=1S/C18H20N6O2/c25-17(24-16(6-9-20-24)13-4-2-1-3-5-13)14-7-10-23(11-8-14)18(26)15-12-19-22-21-15/h1-5,9,12,14,16H,6-8,10-11H2,(H,19,21,22). The Morgan fingerprint density at radius 3 is 2.58 bits per heavy atom. The average Bonchev–Trinajstić information content (AvgIpc) is 3.39. The summed E-state index contributed by atoms with van der Waals surface area (Å²) in [6.07, 6.45) is 5.30. The van der Waals surface area contributed by atoms with Gasteiger partial charge in [-0.3, -0.25) is 14.7 Å². The number of carbonyl (C=O) groups is 2. The van der Waals surface area contributed by atoms with E-state index in [0.717, 1.165) is 12.0 Å². The second kappa shape index (κ2) is 7.07. The van der Waals surface area contributed by atoms with E-state index < -0.39 is 0 Å². The van der Waals surface area contributed by atoms with Crippen molar-refractivity contribution in [3.63, 3.8) is 0 Å². The number of piperidine rings is 1. The number of benzene rings is 1. The third-order valence-corrected chi connectivity index (χ3v) is 5.01. The molecule has 0 radical (unpaired) electrons. The number of amides is 2. The van der Waals surface area contributed by atoms with Crippen LogP contribution in [0.25, 0.3) is 0 Å². The van der Waals surface area contributed by atoms with Crippen molar-refractivity contribution in [2.24, 2.45) is 11.0 Å². The Balaban J connectivity index is 1.39. The van der Waals surface area contributed by atoms with Crippen LogP contribution in [0.4, 0.5) is 0 Å².